The monoisotopic (exact) mass is 345 g/mol. The van der Waals surface area contributed by atoms with E-state index in [2.05, 4.69) is 17.4 Å². The van der Waals surface area contributed by atoms with Crippen molar-refractivity contribution in [2.75, 3.05) is 6.61 Å². The zero-order valence-electron chi connectivity index (χ0n) is 15.1. The van der Waals surface area contributed by atoms with Gasteiger partial charge in [-0.05, 0) is 49.2 Å². The highest BCUT2D eigenvalue weighted by Crippen LogP contribution is 2.19. The average molecular weight is 345 g/mol. The van der Waals surface area contributed by atoms with Gasteiger partial charge in [-0.2, -0.15) is 0 Å². The lowest BCUT2D eigenvalue weighted by atomic mass is 10.0. The Morgan fingerprint density at radius 1 is 0.885 bits per heavy atom. The first-order valence-corrected chi connectivity index (χ1v) is 8.77. The van der Waals surface area contributed by atoms with Gasteiger partial charge in [-0.1, -0.05) is 60.2 Å². The minimum absolute atomic E-state index is 0.0856. The third-order valence-corrected chi connectivity index (χ3v) is 4.15. The minimum Gasteiger partial charge on any atom is -0.491 e. The highest BCUT2D eigenvalue weighted by atomic mass is 16.5. The Morgan fingerprint density at radius 2 is 1.50 bits per heavy atom. The summed E-state index contributed by atoms with van der Waals surface area (Å²) in [6.45, 7) is 4.40. The molecule has 0 saturated heterocycles. The fourth-order valence-corrected chi connectivity index (χ4v) is 2.65. The molecular formula is C23H23NO2. The van der Waals surface area contributed by atoms with Crippen molar-refractivity contribution in [2.24, 2.45) is 0 Å². The van der Waals surface area contributed by atoms with Gasteiger partial charge < -0.3 is 10.1 Å². The molecule has 0 unspecified atom stereocenters. The summed E-state index contributed by atoms with van der Waals surface area (Å²) in [7, 11) is 0. The van der Waals surface area contributed by atoms with E-state index in [1.165, 1.54) is 5.56 Å². The molecule has 1 amide bonds. The molecule has 3 nitrogen and oxygen atoms in total. The van der Waals surface area contributed by atoms with E-state index in [1.54, 1.807) is 0 Å². The number of nitrogens with one attached hydrogen (secondary N) is 1. The van der Waals surface area contributed by atoms with Gasteiger partial charge in [0.25, 0.3) is 5.91 Å². The van der Waals surface area contributed by atoms with Crippen LogP contribution in [0.4, 0.5) is 0 Å². The minimum atomic E-state index is -0.0929. The highest BCUT2D eigenvalue weighted by Gasteiger charge is 2.10. The summed E-state index contributed by atoms with van der Waals surface area (Å²) in [5.41, 5.74) is 4.07. The van der Waals surface area contributed by atoms with Crippen molar-refractivity contribution >= 4 is 5.91 Å². The molecule has 3 heteroatoms. The van der Waals surface area contributed by atoms with Crippen LogP contribution < -0.4 is 10.1 Å². The van der Waals surface area contributed by atoms with Crippen molar-refractivity contribution in [3.8, 4) is 16.9 Å². The Bertz CT molecular complexity index is 840. The second-order valence-corrected chi connectivity index (χ2v) is 6.44. The quantitative estimate of drug-likeness (QED) is 0.693. The topological polar surface area (TPSA) is 38.3 Å². The zero-order chi connectivity index (χ0) is 18.4. The molecule has 0 radical (unpaired) electrons. The van der Waals surface area contributed by atoms with E-state index in [0.29, 0.717) is 12.2 Å². The van der Waals surface area contributed by atoms with Crippen LogP contribution in [0.1, 0.15) is 22.8 Å². The maximum absolute atomic E-state index is 12.4. The summed E-state index contributed by atoms with van der Waals surface area (Å²) >= 11 is 0. The Kier molecular flexibility index (Phi) is 5.69. The number of aryl methyl sites for hydroxylation is 1. The molecular weight excluding hydrogens is 322 g/mol. The molecule has 1 N–H and O–H groups in total. The number of hydrogen-bond acceptors (Lipinski definition) is 2. The molecule has 0 aliphatic carbocycles. The molecule has 3 aromatic carbocycles. The maximum Gasteiger partial charge on any atom is 0.251 e. The smallest absolute Gasteiger partial charge is 0.251 e. The number of benzene rings is 3. The van der Waals surface area contributed by atoms with Crippen molar-refractivity contribution in [1.82, 2.24) is 5.32 Å². The molecule has 3 aromatic rings. The van der Waals surface area contributed by atoms with E-state index in [4.69, 9.17) is 4.74 Å². The fraction of sp³-hybridized carbons (Fsp3) is 0.174. The van der Waals surface area contributed by atoms with Crippen LogP contribution in [-0.4, -0.2) is 18.6 Å². The summed E-state index contributed by atoms with van der Waals surface area (Å²) < 4.78 is 5.72. The number of carbonyl (C=O) groups excluding carboxylic acids is 1. The summed E-state index contributed by atoms with van der Waals surface area (Å²) in [4.78, 5) is 12.4. The van der Waals surface area contributed by atoms with Crippen LogP contribution >= 0.6 is 0 Å². The van der Waals surface area contributed by atoms with Gasteiger partial charge in [0.1, 0.15) is 12.4 Å². The molecule has 0 fully saturated rings. The molecule has 0 aromatic heterocycles. The van der Waals surface area contributed by atoms with E-state index in [1.807, 2.05) is 80.6 Å². The predicted molar refractivity (Wildman–Crippen MR) is 105 cm³/mol. The summed E-state index contributed by atoms with van der Waals surface area (Å²) in [6.07, 6.45) is 0. The largest absolute Gasteiger partial charge is 0.491 e. The molecule has 0 aliphatic rings. The number of carbonyl (C=O) groups is 1. The molecule has 0 aliphatic heterocycles. The van der Waals surface area contributed by atoms with Crippen LogP contribution in [0.15, 0.2) is 78.9 Å². The van der Waals surface area contributed by atoms with Crippen molar-refractivity contribution < 1.29 is 9.53 Å². The van der Waals surface area contributed by atoms with Gasteiger partial charge >= 0.3 is 0 Å². The zero-order valence-corrected chi connectivity index (χ0v) is 15.1. The molecule has 132 valence electrons. The standard InChI is InChI=1S/C23H23NO2/c1-17-8-14-22(15-9-17)26-16-18(2)24-23(25)21-12-10-20(11-13-21)19-6-4-3-5-7-19/h3-15,18H,16H2,1-2H3,(H,24,25)/t18-/m0/s1. The van der Waals surface area contributed by atoms with E-state index in [-0.39, 0.29) is 11.9 Å². The molecule has 0 bridgehead atoms. The highest BCUT2D eigenvalue weighted by molar-refractivity contribution is 5.94. The lowest BCUT2D eigenvalue weighted by Crippen LogP contribution is -2.36. The molecule has 3 rings (SSSR count). The first kappa shape index (κ1) is 17.7. The van der Waals surface area contributed by atoms with Crippen LogP contribution in [-0.2, 0) is 0 Å². The van der Waals surface area contributed by atoms with Gasteiger partial charge in [-0.3, -0.25) is 4.79 Å². The van der Waals surface area contributed by atoms with Crippen LogP contribution in [0, 0.1) is 6.92 Å². The second-order valence-electron chi connectivity index (χ2n) is 6.44. The number of amides is 1. The third kappa shape index (κ3) is 4.73. The molecule has 0 saturated carbocycles. The van der Waals surface area contributed by atoms with Crippen LogP contribution in [0.25, 0.3) is 11.1 Å². The molecule has 1 atom stereocenters. The van der Waals surface area contributed by atoms with Crippen molar-refractivity contribution in [3.63, 3.8) is 0 Å². The number of hydrogen-bond donors (Lipinski definition) is 1. The van der Waals surface area contributed by atoms with Gasteiger partial charge in [0.15, 0.2) is 0 Å². The molecule has 26 heavy (non-hydrogen) atoms. The van der Waals surface area contributed by atoms with Gasteiger partial charge in [0.2, 0.25) is 0 Å². The van der Waals surface area contributed by atoms with Gasteiger partial charge in [-0.25, -0.2) is 0 Å². The fourth-order valence-electron chi connectivity index (χ4n) is 2.65. The van der Waals surface area contributed by atoms with Gasteiger partial charge in [-0.15, -0.1) is 0 Å². The predicted octanol–water partition coefficient (Wildman–Crippen LogP) is 4.86. The van der Waals surface area contributed by atoms with E-state index in [0.717, 1.165) is 16.9 Å². The van der Waals surface area contributed by atoms with E-state index >= 15 is 0 Å². The van der Waals surface area contributed by atoms with E-state index < -0.39 is 0 Å². The molecule has 0 spiro atoms. The van der Waals surface area contributed by atoms with Crippen LogP contribution in [0.2, 0.25) is 0 Å². The first-order chi connectivity index (χ1) is 12.6. The Hall–Kier alpha value is -3.07. The number of rotatable bonds is 6. The van der Waals surface area contributed by atoms with Crippen LogP contribution in [0.5, 0.6) is 5.75 Å². The van der Waals surface area contributed by atoms with Crippen molar-refractivity contribution in [2.45, 2.75) is 19.9 Å². The molecule has 0 heterocycles. The summed E-state index contributed by atoms with van der Waals surface area (Å²) in [6, 6.07) is 25.6. The Balaban J connectivity index is 1.54. The van der Waals surface area contributed by atoms with Crippen LogP contribution in [0.3, 0.4) is 0 Å². The second kappa shape index (κ2) is 8.34. The lowest BCUT2D eigenvalue weighted by Gasteiger charge is -2.15. The Morgan fingerprint density at radius 3 is 2.15 bits per heavy atom. The average Bonchev–Trinajstić information content (AvgIpc) is 2.68. The summed E-state index contributed by atoms with van der Waals surface area (Å²) in [5, 5.41) is 2.97. The summed E-state index contributed by atoms with van der Waals surface area (Å²) in [5.74, 6) is 0.716. The SMILES string of the molecule is Cc1ccc(OC[C@H](C)NC(=O)c2ccc(-c3ccccc3)cc2)cc1. The lowest BCUT2D eigenvalue weighted by molar-refractivity contribution is 0.0926. The maximum atomic E-state index is 12.4. The first-order valence-electron chi connectivity index (χ1n) is 8.77. The van der Waals surface area contributed by atoms with Gasteiger partial charge in [0.05, 0.1) is 6.04 Å². The van der Waals surface area contributed by atoms with Gasteiger partial charge in [0, 0.05) is 5.56 Å². The van der Waals surface area contributed by atoms with E-state index in [9.17, 15) is 4.79 Å². The van der Waals surface area contributed by atoms with Crippen molar-refractivity contribution in [1.29, 1.82) is 0 Å². The van der Waals surface area contributed by atoms with Crippen molar-refractivity contribution in [3.05, 3.63) is 90.0 Å². The normalized spacial score (nSPS) is 11.6. The number of ether oxygens (including phenoxy) is 1. The third-order valence-electron chi connectivity index (χ3n) is 4.15. The Labute approximate surface area is 154 Å².